The van der Waals surface area contributed by atoms with Crippen LogP contribution in [0.15, 0.2) is 18.3 Å². The van der Waals surface area contributed by atoms with Crippen LogP contribution in [0.5, 0.6) is 0 Å². The summed E-state index contributed by atoms with van der Waals surface area (Å²) in [7, 11) is 0. The number of amides is 1. The number of hydrogen-bond acceptors (Lipinski definition) is 4. The molecule has 1 aliphatic heterocycles. The molecule has 2 rings (SSSR count). The minimum absolute atomic E-state index is 0.0110. The lowest BCUT2D eigenvalue weighted by Gasteiger charge is -2.25. The molecule has 0 aliphatic carbocycles. The fraction of sp³-hybridized carbons (Fsp3) is 0.533. The minimum atomic E-state index is -0.874. The second kappa shape index (κ2) is 7.06. The van der Waals surface area contributed by atoms with E-state index in [2.05, 4.69) is 4.98 Å². The van der Waals surface area contributed by atoms with E-state index in [0.29, 0.717) is 5.82 Å². The highest BCUT2D eigenvalue weighted by atomic mass is 16.4. The van der Waals surface area contributed by atoms with Gasteiger partial charge in [0.15, 0.2) is 0 Å². The number of rotatable bonds is 6. The fourth-order valence-corrected chi connectivity index (χ4v) is 2.43. The molecule has 1 fully saturated rings. The quantitative estimate of drug-likeness (QED) is 0.855. The van der Waals surface area contributed by atoms with E-state index >= 15 is 0 Å². The molecule has 1 N–H and O–H groups in total. The van der Waals surface area contributed by atoms with Crippen LogP contribution in [-0.4, -0.2) is 53.0 Å². The lowest BCUT2D eigenvalue weighted by atomic mass is 10.2. The normalized spacial score (nSPS) is 14.2. The number of nitrogens with zero attached hydrogens (tertiary/aromatic N) is 3. The maximum absolute atomic E-state index is 12.3. The molecule has 114 valence electrons. The molecular weight excluding hydrogens is 270 g/mol. The highest BCUT2D eigenvalue weighted by molar-refractivity contribution is 5.81. The SMILES string of the molecule is Cc1ccnc(N(CCC(=O)O)CC(=O)N2CCCC2)c1. The number of carbonyl (C=O) groups excluding carboxylic acids is 1. The van der Waals surface area contributed by atoms with Gasteiger partial charge in [0.2, 0.25) is 5.91 Å². The number of pyridine rings is 1. The summed E-state index contributed by atoms with van der Waals surface area (Å²) in [6, 6.07) is 3.75. The standard InChI is InChI=1S/C15H21N3O3/c1-12-4-6-16-13(10-12)18(9-5-15(20)21)11-14(19)17-7-2-3-8-17/h4,6,10H,2-3,5,7-9,11H2,1H3,(H,20,21). The van der Waals surface area contributed by atoms with E-state index in [1.54, 1.807) is 11.1 Å². The number of carboxylic acids is 1. The Hall–Kier alpha value is -2.11. The summed E-state index contributed by atoms with van der Waals surface area (Å²) in [6.07, 6.45) is 3.76. The van der Waals surface area contributed by atoms with Crippen LogP contribution in [0.25, 0.3) is 0 Å². The second-order valence-electron chi connectivity index (χ2n) is 5.34. The first kappa shape index (κ1) is 15.3. The first-order chi connectivity index (χ1) is 10.1. The third-order valence-corrected chi connectivity index (χ3v) is 3.61. The highest BCUT2D eigenvalue weighted by Gasteiger charge is 2.21. The van der Waals surface area contributed by atoms with Crippen LogP contribution in [0.1, 0.15) is 24.8 Å². The average Bonchev–Trinajstić information content (AvgIpc) is 2.97. The van der Waals surface area contributed by atoms with E-state index < -0.39 is 5.97 Å². The van der Waals surface area contributed by atoms with Crippen LogP contribution in [0.2, 0.25) is 0 Å². The van der Waals surface area contributed by atoms with E-state index in [4.69, 9.17) is 5.11 Å². The van der Waals surface area contributed by atoms with Crippen molar-refractivity contribution in [3.63, 3.8) is 0 Å². The van der Waals surface area contributed by atoms with E-state index in [1.807, 2.05) is 24.0 Å². The van der Waals surface area contributed by atoms with Gasteiger partial charge in [-0.15, -0.1) is 0 Å². The topological polar surface area (TPSA) is 73.7 Å². The first-order valence-corrected chi connectivity index (χ1v) is 7.23. The van der Waals surface area contributed by atoms with E-state index in [1.165, 1.54) is 0 Å². The molecule has 1 aliphatic rings. The number of aryl methyl sites for hydroxylation is 1. The number of likely N-dealkylation sites (tertiary alicyclic amines) is 1. The average molecular weight is 291 g/mol. The Morgan fingerprint density at radius 1 is 1.38 bits per heavy atom. The van der Waals surface area contributed by atoms with Gasteiger partial charge in [0.05, 0.1) is 13.0 Å². The molecule has 1 aromatic heterocycles. The Morgan fingerprint density at radius 3 is 2.71 bits per heavy atom. The summed E-state index contributed by atoms with van der Waals surface area (Å²) in [5, 5.41) is 8.87. The zero-order valence-electron chi connectivity index (χ0n) is 12.3. The van der Waals surface area contributed by atoms with Crippen molar-refractivity contribution in [2.45, 2.75) is 26.2 Å². The van der Waals surface area contributed by atoms with Gasteiger partial charge in [-0.2, -0.15) is 0 Å². The largest absolute Gasteiger partial charge is 0.481 e. The van der Waals surface area contributed by atoms with Crippen molar-refractivity contribution in [2.24, 2.45) is 0 Å². The molecule has 0 spiro atoms. The van der Waals surface area contributed by atoms with E-state index in [-0.39, 0.29) is 25.4 Å². The molecule has 1 aromatic rings. The van der Waals surface area contributed by atoms with Crippen molar-refractivity contribution in [3.05, 3.63) is 23.9 Å². The van der Waals surface area contributed by atoms with Gasteiger partial charge in [-0.25, -0.2) is 4.98 Å². The summed E-state index contributed by atoms with van der Waals surface area (Å²) in [5.74, 6) is -0.175. The van der Waals surface area contributed by atoms with Gasteiger partial charge in [0.1, 0.15) is 5.82 Å². The van der Waals surface area contributed by atoms with Gasteiger partial charge in [-0.05, 0) is 37.5 Å². The zero-order chi connectivity index (χ0) is 15.2. The van der Waals surface area contributed by atoms with E-state index in [0.717, 1.165) is 31.5 Å². The van der Waals surface area contributed by atoms with E-state index in [9.17, 15) is 9.59 Å². The van der Waals surface area contributed by atoms with Gasteiger partial charge < -0.3 is 14.9 Å². The Labute approximate surface area is 124 Å². The predicted molar refractivity (Wildman–Crippen MR) is 79.3 cm³/mol. The third kappa shape index (κ3) is 4.44. The van der Waals surface area contributed by atoms with Gasteiger partial charge >= 0.3 is 5.97 Å². The first-order valence-electron chi connectivity index (χ1n) is 7.23. The molecule has 6 heteroatoms. The molecule has 1 amide bonds. The van der Waals surface area contributed by atoms with Crippen LogP contribution < -0.4 is 4.90 Å². The summed E-state index contributed by atoms with van der Waals surface area (Å²) in [5.41, 5.74) is 1.04. The van der Waals surface area contributed by atoms with Gasteiger partial charge in [0, 0.05) is 25.8 Å². The number of carboxylic acid groups (broad SMARTS) is 1. The summed E-state index contributed by atoms with van der Waals surface area (Å²) >= 11 is 0. The molecule has 21 heavy (non-hydrogen) atoms. The molecule has 0 bridgehead atoms. The van der Waals surface area contributed by atoms with Crippen LogP contribution in [0.4, 0.5) is 5.82 Å². The number of anilines is 1. The van der Waals surface area contributed by atoms with Crippen molar-refractivity contribution in [3.8, 4) is 0 Å². The Balaban J connectivity index is 2.07. The Kier molecular flexibility index (Phi) is 5.14. The maximum atomic E-state index is 12.3. The molecule has 0 atom stereocenters. The lowest BCUT2D eigenvalue weighted by Crippen LogP contribution is -2.40. The molecule has 1 saturated heterocycles. The van der Waals surface area contributed by atoms with Gasteiger partial charge in [0.25, 0.3) is 0 Å². The smallest absolute Gasteiger partial charge is 0.305 e. The van der Waals surface area contributed by atoms with Crippen molar-refractivity contribution in [2.75, 3.05) is 31.1 Å². The monoisotopic (exact) mass is 291 g/mol. The third-order valence-electron chi connectivity index (χ3n) is 3.61. The molecule has 2 heterocycles. The molecular formula is C15H21N3O3. The van der Waals surface area contributed by atoms with Crippen molar-refractivity contribution in [1.82, 2.24) is 9.88 Å². The second-order valence-corrected chi connectivity index (χ2v) is 5.34. The van der Waals surface area contributed by atoms with Crippen molar-refractivity contribution < 1.29 is 14.7 Å². The summed E-state index contributed by atoms with van der Waals surface area (Å²) in [4.78, 5) is 30.9. The molecule has 0 saturated carbocycles. The fourth-order valence-electron chi connectivity index (χ4n) is 2.43. The molecule has 6 nitrogen and oxygen atoms in total. The summed E-state index contributed by atoms with van der Waals surface area (Å²) in [6.45, 7) is 4.01. The van der Waals surface area contributed by atoms with Crippen LogP contribution in [0.3, 0.4) is 0 Å². The molecule has 0 unspecified atom stereocenters. The van der Waals surface area contributed by atoms with Crippen molar-refractivity contribution in [1.29, 1.82) is 0 Å². The number of aliphatic carboxylic acids is 1. The highest BCUT2D eigenvalue weighted by Crippen LogP contribution is 2.14. The van der Waals surface area contributed by atoms with Crippen LogP contribution in [-0.2, 0) is 9.59 Å². The van der Waals surface area contributed by atoms with Crippen molar-refractivity contribution >= 4 is 17.7 Å². The molecule has 0 radical (unpaired) electrons. The van der Waals surface area contributed by atoms with Gasteiger partial charge in [-0.1, -0.05) is 0 Å². The summed E-state index contributed by atoms with van der Waals surface area (Å²) < 4.78 is 0. The maximum Gasteiger partial charge on any atom is 0.305 e. The van der Waals surface area contributed by atoms with Gasteiger partial charge in [-0.3, -0.25) is 9.59 Å². The Bertz CT molecular complexity index is 513. The number of aromatic nitrogens is 1. The molecule has 0 aromatic carbocycles. The van der Waals surface area contributed by atoms with Crippen LogP contribution in [0, 0.1) is 6.92 Å². The zero-order valence-corrected chi connectivity index (χ0v) is 12.3. The van der Waals surface area contributed by atoms with Crippen LogP contribution >= 0.6 is 0 Å². The lowest BCUT2D eigenvalue weighted by molar-refractivity contribution is -0.137. The predicted octanol–water partition coefficient (Wildman–Crippen LogP) is 1.29. The number of hydrogen-bond donors (Lipinski definition) is 1. The Morgan fingerprint density at radius 2 is 2.10 bits per heavy atom. The minimum Gasteiger partial charge on any atom is -0.481 e. The number of carbonyl (C=O) groups is 2.